The van der Waals surface area contributed by atoms with Crippen LogP contribution in [-0.2, 0) is 0 Å². The van der Waals surface area contributed by atoms with Crippen LogP contribution in [0.25, 0.3) is 10.6 Å². The van der Waals surface area contributed by atoms with Crippen molar-refractivity contribution in [1.29, 1.82) is 0 Å². The van der Waals surface area contributed by atoms with Gasteiger partial charge in [-0.3, -0.25) is 0 Å². The van der Waals surface area contributed by atoms with Gasteiger partial charge in [-0.15, -0.1) is 21.5 Å². The zero-order chi connectivity index (χ0) is 19.5. The first kappa shape index (κ1) is 18.7. The summed E-state index contributed by atoms with van der Waals surface area (Å²) in [4.78, 5) is 17.6. The zero-order valence-electron chi connectivity index (χ0n) is 15.4. The number of piperazine rings is 1. The number of thiophene rings is 1. The van der Waals surface area contributed by atoms with Gasteiger partial charge in [-0.05, 0) is 48.2 Å². The molecule has 1 aromatic carbocycles. The Labute approximate surface area is 172 Å². The number of aromatic nitrogens is 2. The summed E-state index contributed by atoms with van der Waals surface area (Å²) < 4.78 is 0. The smallest absolute Gasteiger partial charge is 0.321 e. The molecule has 4 rings (SSSR count). The van der Waals surface area contributed by atoms with E-state index in [1.54, 1.807) is 11.3 Å². The Kier molecular flexibility index (Phi) is 5.45. The maximum atomic E-state index is 12.6. The van der Waals surface area contributed by atoms with Crippen LogP contribution >= 0.6 is 22.9 Å². The summed E-state index contributed by atoms with van der Waals surface area (Å²) in [6.45, 7) is 4.58. The average Bonchev–Trinajstić information content (AvgIpc) is 3.26. The highest BCUT2D eigenvalue weighted by Crippen LogP contribution is 2.25. The summed E-state index contributed by atoms with van der Waals surface area (Å²) in [6, 6.07) is 13.4. The van der Waals surface area contributed by atoms with Crippen LogP contribution < -0.4 is 10.2 Å². The largest absolute Gasteiger partial charge is 0.352 e. The van der Waals surface area contributed by atoms with Gasteiger partial charge in [0.15, 0.2) is 5.82 Å². The molecule has 8 heteroatoms. The van der Waals surface area contributed by atoms with Gasteiger partial charge in [-0.1, -0.05) is 23.7 Å². The van der Waals surface area contributed by atoms with E-state index in [4.69, 9.17) is 11.6 Å². The van der Waals surface area contributed by atoms with E-state index < -0.39 is 0 Å². The van der Waals surface area contributed by atoms with Gasteiger partial charge in [0, 0.05) is 36.9 Å². The van der Waals surface area contributed by atoms with Crippen molar-refractivity contribution in [2.24, 2.45) is 0 Å². The van der Waals surface area contributed by atoms with Gasteiger partial charge in [0.1, 0.15) is 5.69 Å². The predicted molar refractivity (Wildman–Crippen MR) is 114 cm³/mol. The maximum absolute atomic E-state index is 12.6. The lowest BCUT2D eigenvalue weighted by Crippen LogP contribution is -2.50. The van der Waals surface area contributed by atoms with Crippen LogP contribution in [0.2, 0.25) is 5.02 Å². The molecule has 144 valence electrons. The second kappa shape index (κ2) is 8.16. The second-order valence-corrected chi connectivity index (χ2v) is 7.93. The molecule has 3 aromatic rings. The van der Waals surface area contributed by atoms with E-state index in [0.29, 0.717) is 18.1 Å². The molecule has 0 spiro atoms. The van der Waals surface area contributed by atoms with E-state index in [-0.39, 0.29) is 6.03 Å². The van der Waals surface area contributed by atoms with E-state index in [1.807, 2.05) is 59.7 Å². The molecule has 1 saturated heterocycles. The van der Waals surface area contributed by atoms with Crippen LogP contribution in [0.3, 0.4) is 0 Å². The van der Waals surface area contributed by atoms with E-state index in [9.17, 15) is 4.79 Å². The first-order valence-corrected chi connectivity index (χ1v) is 10.3. The molecule has 1 aliphatic rings. The molecule has 1 N–H and O–H groups in total. The fraction of sp³-hybridized carbons (Fsp3) is 0.250. The molecule has 1 aliphatic heterocycles. The number of carbonyl (C=O) groups excluding carboxylic acids is 1. The van der Waals surface area contributed by atoms with Crippen molar-refractivity contribution in [1.82, 2.24) is 15.1 Å². The number of carbonyl (C=O) groups is 1. The zero-order valence-corrected chi connectivity index (χ0v) is 17.0. The van der Waals surface area contributed by atoms with Crippen molar-refractivity contribution < 1.29 is 4.79 Å². The van der Waals surface area contributed by atoms with Crippen molar-refractivity contribution >= 4 is 40.5 Å². The van der Waals surface area contributed by atoms with Crippen molar-refractivity contribution in [2.75, 3.05) is 36.4 Å². The minimum absolute atomic E-state index is 0.107. The van der Waals surface area contributed by atoms with Gasteiger partial charge in [0.2, 0.25) is 0 Å². The fourth-order valence-corrected chi connectivity index (χ4v) is 3.99. The number of benzene rings is 1. The summed E-state index contributed by atoms with van der Waals surface area (Å²) in [7, 11) is 0. The number of hydrogen-bond donors (Lipinski definition) is 1. The van der Waals surface area contributed by atoms with Crippen LogP contribution in [0.15, 0.2) is 47.8 Å². The molecule has 1 fully saturated rings. The third kappa shape index (κ3) is 3.95. The fourth-order valence-electron chi connectivity index (χ4n) is 3.13. The van der Waals surface area contributed by atoms with Gasteiger partial charge in [0.25, 0.3) is 0 Å². The Morgan fingerprint density at radius 2 is 1.89 bits per heavy atom. The molecule has 6 nitrogen and oxygen atoms in total. The molecule has 3 heterocycles. The molecule has 0 saturated carbocycles. The summed E-state index contributed by atoms with van der Waals surface area (Å²) >= 11 is 7.78. The number of amides is 2. The highest BCUT2D eigenvalue weighted by molar-refractivity contribution is 7.13. The van der Waals surface area contributed by atoms with Crippen molar-refractivity contribution in [3.63, 3.8) is 0 Å². The summed E-state index contributed by atoms with van der Waals surface area (Å²) in [5.74, 6) is 0.839. The molecule has 0 bridgehead atoms. The molecule has 28 heavy (non-hydrogen) atoms. The van der Waals surface area contributed by atoms with Gasteiger partial charge in [0.05, 0.1) is 4.88 Å². The van der Waals surface area contributed by atoms with Crippen LogP contribution in [0.4, 0.5) is 16.3 Å². The molecular formula is C20H20ClN5OS. The number of rotatable bonds is 3. The van der Waals surface area contributed by atoms with E-state index in [2.05, 4.69) is 20.4 Å². The maximum Gasteiger partial charge on any atom is 0.321 e. The normalized spacial score (nSPS) is 14.2. The Morgan fingerprint density at radius 1 is 1.07 bits per heavy atom. The quantitative estimate of drug-likeness (QED) is 0.685. The Hall–Kier alpha value is -2.64. The SMILES string of the molecule is Cc1c(Cl)cccc1NC(=O)N1CCN(c2ccc(-c3cccs3)nn2)CC1. The first-order chi connectivity index (χ1) is 13.6. The van der Waals surface area contributed by atoms with Crippen LogP contribution in [0.5, 0.6) is 0 Å². The number of urea groups is 1. The van der Waals surface area contributed by atoms with Gasteiger partial charge in [-0.2, -0.15) is 0 Å². The third-order valence-corrected chi connectivity index (χ3v) is 6.13. The molecule has 2 amide bonds. The number of nitrogens with zero attached hydrogens (tertiary/aromatic N) is 4. The summed E-state index contributed by atoms with van der Waals surface area (Å²) in [5, 5.41) is 14.3. The van der Waals surface area contributed by atoms with Crippen molar-refractivity contribution in [3.8, 4) is 10.6 Å². The Balaban J connectivity index is 1.35. The summed E-state index contributed by atoms with van der Waals surface area (Å²) in [6.07, 6.45) is 0. The third-order valence-electron chi connectivity index (χ3n) is 4.82. The van der Waals surface area contributed by atoms with E-state index in [0.717, 1.165) is 40.7 Å². The predicted octanol–water partition coefficient (Wildman–Crippen LogP) is 4.52. The number of hydrogen-bond acceptors (Lipinski definition) is 5. The lowest BCUT2D eigenvalue weighted by atomic mass is 10.2. The molecule has 0 aliphatic carbocycles. The van der Waals surface area contributed by atoms with Gasteiger partial charge in [-0.25, -0.2) is 4.79 Å². The highest BCUT2D eigenvalue weighted by Gasteiger charge is 2.22. The van der Waals surface area contributed by atoms with Crippen molar-refractivity contribution in [3.05, 3.63) is 58.4 Å². The minimum Gasteiger partial charge on any atom is -0.352 e. The first-order valence-electron chi connectivity index (χ1n) is 9.05. The Bertz CT molecular complexity index is 953. The van der Waals surface area contributed by atoms with Crippen LogP contribution in [0.1, 0.15) is 5.56 Å². The minimum atomic E-state index is -0.107. The standard InChI is InChI=1S/C20H20ClN5OS/c1-14-15(21)4-2-5-16(14)22-20(27)26-11-9-25(10-12-26)19-8-7-17(23-24-19)18-6-3-13-28-18/h2-8,13H,9-12H2,1H3,(H,22,27). The average molecular weight is 414 g/mol. The molecular weight excluding hydrogens is 394 g/mol. The highest BCUT2D eigenvalue weighted by atomic mass is 35.5. The molecule has 0 radical (unpaired) electrons. The van der Waals surface area contributed by atoms with Gasteiger partial charge < -0.3 is 15.1 Å². The van der Waals surface area contributed by atoms with E-state index >= 15 is 0 Å². The lowest BCUT2D eigenvalue weighted by Gasteiger charge is -2.35. The van der Waals surface area contributed by atoms with Crippen LogP contribution in [0, 0.1) is 6.92 Å². The Morgan fingerprint density at radius 3 is 2.57 bits per heavy atom. The van der Waals surface area contributed by atoms with Crippen LogP contribution in [-0.4, -0.2) is 47.3 Å². The number of nitrogens with one attached hydrogen (secondary N) is 1. The van der Waals surface area contributed by atoms with Crippen molar-refractivity contribution in [2.45, 2.75) is 6.92 Å². The van der Waals surface area contributed by atoms with E-state index in [1.165, 1.54) is 0 Å². The number of halogens is 1. The summed E-state index contributed by atoms with van der Waals surface area (Å²) in [5.41, 5.74) is 2.50. The lowest BCUT2D eigenvalue weighted by molar-refractivity contribution is 0.208. The topological polar surface area (TPSA) is 61.4 Å². The monoisotopic (exact) mass is 413 g/mol. The molecule has 0 unspecified atom stereocenters. The van der Waals surface area contributed by atoms with Gasteiger partial charge >= 0.3 is 6.03 Å². The molecule has 2 aromatic heterocycles. The second-order valence-electron chi connectivity index (χ2n) is 6.57. The molecule has 0 atom stereocenters. The number of anilines is 2.